The summed E-state index contributed by atoms with van der Waals surface area (Å²) in [6.45, 7) is 8.84. The second-order valence-electron chi connectivity index (χ2n) is 12.3. The standard InChI is InChI=1S/C37H42N6O6S2/c1-22-18-38-32(24(3)34(22)46-5)20-50(44)36-40-28-12-10-26(16-30(28)42-36)48-14-8-7-9-15-49-27-11-13-29-31(17-27)43-37(41-29)51(45)21-33-25(4)35(47-6)23(2)19-39-33/h10-13,16-19H,7-9,14-15,20-21H2,1-6H3,(H,40,42)(H,41,43). The molecule has 0 aliphatic heterocycles. The number of hydrogen-bond donors (Lipinski definition) is 2. The highest BCUT2D eigenvalue weighted by atomic mass is 32.2. The van der Waals surface area contributed by atoms with Gasteiger partial charge in [0.1, 0.15) is 23.0 Å². The van der Waals surface area contributed by atoms with E-state index in [9.17, 15) is 8.42 Å². The molecule has 51 heavy (non-hydrogen) atoms. The lowest BCUT2D eigenvalue weighted by Gasteiger charge is -2.11. The molecule has 2 N–H and O–H groups in total. The van der Waals surface area contributed by atoms with Gasteiger partial charge in [0, 0.05) is 46.8 Å². The van der Waals surface area contributed by atoms with Crippen molar-refractivity contribution < 1.29 is 27.4 Å². The van der Waals surface area contributed by atoms with E-state index in [1.807, 2.05) is 64.1 Å². The zero-order chi connectivity index (χ0) is 36.1. The molecule has 2 aromatic carbocycles. The summed E-state index contributed by atoms with van der Waals surface area (Å²) in [6.07, 6.45) is 6.13. The van der Waals surface area contributed by atoms with Crippen molar-refractivity contribution in [2.24, 2.45) is 0 Å². The fraction of sp³-hybridized carbons (Fsp3) is 0.351. The molecular weight excluding hydrogens is 689 g/mol. The predicted molar refractivity (Wildman–Crippen MR) is 198 cm³/mol. The van der Waals surface area contributed by atoms with E-state index in [1.165, 1.54) is 0 Å². The smallest absolute Gasteiger partial charge is 0.197 e. The summed E-state index contributed by atoms with van der Waals surface area (Å²) in [6, 6.07) is 11.2. The van der Waals surface area contributed by atoms with Crippen LogP contribution in [0.4, 0.5) is 0 Å². The van der Waals surface area contributed by atoms with E-state index in [1.54, 1.807) is 26.6 Å². The van der Waals surface area contributed by atoms with Gasteiger partial charge in [-0.1, -0.05) is 0 Å². The number of rotatable bonds is 16. The van der Waals surface area contributed by atoms with Crippen LogP contribution in [0, 0.1) is 27.7 Å². The third kappa shape index (κ3) is 8.23. The Hall–Kier alpha value is -4.82. The van der Waals surface area contributed by atoms with Gasteiger partial charge in [0.2, 0.25) is 0 Å². The zero-order valence-electron chi connectivity index (χ0n) is 29.6. The number of aryl methyl sites for hydroxylation is 2. The van der Waals surface area contributed by atoms with Crippen LogP contribution in [0.5, 0.6) is 23.0 Å². The summed E-state index contributed by atoms with van der Waals surface area (Å²) in [5.41, 5.74) is 8.07. The first-order valence-electron chi connectivity index (χ1n) is 16.6. The van der Waals surface area contributed by atoms with Gasteiger partial charge >= 0.3 is 0 Å². The summed E-state index contributed by atoms with van der Waals surface area (Å²) in [7, 11) is 0.448. The summed E-state index contributed by atoms with van der Waals surface area (Å²) < 4.78 is 49.2. The van der Waals surface area contributed by atoms with Crippen molar-refractivity contribution in [2.45, 2.75) is 68.8 Å². The maximum atomic E-state index is 13.1. The van der Waals surface area contributed by atoms with Gasteiger partial charge in [-0.2, -0.15) is 0 Å². The molecule has 0 amide bonds. The molecule has 0 aliphatic rings. The maximum absolute atomic E-state index is 13.1. The lowest BCUT2D eigenvalue weighted by atomic mass is 10.1. The number of H-pyrrole nitrogens is 2. The van der Waals surface area contributed by atoms with Crippen LogP contribution < -0.4 is 18.9 Å². The number of nitrogens with zero attached hydrogens (tertiary/aromatic N) is 4. The molecule has 6 aromatic rings. The Bertz CT molecular complexity index is 2080. The van der Waals surface area contributed by atoms with Crippen molar-refractivity contribution in [1.29, 1.82) is 0 Å². The minimum Gasteiger partial charge on any atom is -0.496 e. The number of aromatic amines is 2. The van der Waals surface area contributed by atoms with Gasteiger partial charge in [0.05, 0.1) is 94.0 Å². The minimum absolute atomic E-state index is 0.236. The van der Waals surface area contributed by atoms with Crippen LogP contribution in [0.2, 0.25) is 0 Å². The van der Waals surface area contributed by atoms with Crippen molar-refractivity contribution in [2.75, 3.05) is 27.4 Å². The SMILES string of the molecule is COc1c(C)cnc(CS(=O)c2nc3ccc(OCCCCCOc4ccc5nc(S(=O)Cc6ncc(C)c(OC)c6C)[nH]c5c4)cc3[nH]2)c1C. The molecule has 4 aromatic heterocycles. The van der Waals surface area contributed by atoms with Gasteiger partial charge in [0.15, 0.2) is 10.3 Å². The molecule has 0 aliphatic carbocycles. The first-order valence-corrected chi connectivity index (χ1v) is 19.3. The van der Waals surface area contributed by atoms with Crippen LogP contribution in [-0.2, 0) is 33.1 Å². The number of hydrogen-bond acceptors (Lipinski definition) is 10. The number of nitrogens with one attached hydrogen (secondary N) is 2. The molecule has 0 fully saturated rings. The van der Waals surface area contributed by atoms with E-state index < -0.39 is 21.6 Å². The number of pyridine rings is 2. The Morgan fingerprint density at radius 2 is 1.06 bits per heavy atom. The summed E-state index contributed by atoms with van der Waals surface area (Å²) in [4.78, 5) is 24.4. The third-order valence-corrected chi connectivity index (χ3v) is 11.0. The van der Waals surface area contributed by atoms with Gasteiger partial charge in [-0.25, -0.2) is 9.97 Å². The molecule has 268 valence electrons. The average Bonchev–Trinajstić information content (AvgIpc) is 3.75. The number of imidazole rings is 2. The first kappa shape index (κ1) is 36.0. The molecule has 12 nitrogen and oxygen atoms in total. The normalized spacial score (nSPS) is 12.7. The van der Waals surface area contributed by atoms with Crippen molar-refractivity contribution in [3.8, 4) is 23.0 Å². The molecule has 4 heterocycles. The molecule has 0 spiro atoms. The van der Waals surface area contributed by atoms with Crippen LogP contribution in [-0.4, -0.2) is 65.8 Å². The van der Waals surface area contributed by atoms with E-state index in [0.29, 0.717) is 23.5 Å². The Morgan fingerprint density at radius 3 is 1.47 bits per heavy atom. The molecular formula is C37H42N6O6S2. The zero-order valence-corrected chi connectivity index (χ0v) is 31.3. The Kier molecular flexibility index (Phi) is 11.3. The fourth-order valence-corrected chi connectivity index (χ4v) is 8.11. The Morgan fingerprint density at radius 1 is 0.627 bits per heavy atom. The molecule has 14 heteroatoms. The van der Waals surface area contributed by atoms with Crippen LogP contribution in [0.15, 0.2) is 59.1 Å². The van der Waals surface area contributed by atoms with Gasteiger partial charge in [-0.15, -0.1) is 0 Å². The van der Waals surface area contributed by atoms with Gasteiger partial charge in [-0.3, -0.25) is 18.4 Å². The number of benzene rings is 2. The maximum Gasteiger partial charge on any atom is 0.197 e. The van der Waals surface area contributed by atoms with E-state index in [4.69, 9.17) is 18.9 Å². The quantitative estimate of drug-likeness (QED) is 0.103. The monoisotopic (exact) mass is 730 g/mol. The highest BCUT2D eigenvalue weighted by molar-refractivity contribution is 7.84. The molecule has 0 saturated carbocycles. The van der Waals surface area contributed by atoms with Crippen LogP contribution in [0.3, 0.4) is 0 Å². The fourth-order valence-electron chi connectivity index (χ4n) is 5.91. The lowest BCUT2D eigenvalue weighted by Crippen LogP contribution is -2.05. The van der Waals surface area contributed by atoms with Crippen LogP contribution in [0.25, 0.3) is 22.1 Å². The third-order valence-electron chi connectivity index (χ3n) is 8.66. The Labute approximate surface area is 301 Å². The van der Waals surface area contributed by atoms with Gasteiger partial charge < -0.3 is 28.9 Å². The largest absolute Gasteiger partial charge is 0.496 e. The van der Waals surface area contributed by atoms with Crippen molar-refractivity contribution in [3.05, 3.63) is 82.4 Å². The van der Waals surface area contributed by atoms with Crippen molar-refractivity contribution in [1.82, 2.24) is 29.9 Å². The second kappa shape index (κ2) is 16.0. The van der Waals surface area contributed by atoms with E-state index >= 15 is 0 Å². The highest BCUT2D eigenvalue weighted by Gasteiger charge is 2.18. The van der Waals surface area contributed by atoms with E-state index in [-0.39, 0.29) is 11.5 Å². The summed E-state index contributed by atoms with van der Waals surface area (Å²) in [5, 5.41) is 0.800. The molecule has 0 bridgehead atoms. The van der Waals surface area contributed by atoms with Gasteiger partial charge in [-0.05, 0) is 71.2 Å². The van der Waals surface area contributed by atoms with Crippen molar-refractivity contribution in [3.63, 3.8) is 0 Å². The lowest BCUT2D eigenvalue weighted by molar-refractivity contribution is 0.280. The highest BCUT2D eigenvalue weighted by Crippen LogP contribution is 2.28. The number of unbranched alkanes of at least 4 members (excludes halogenated alkanes) is 2. The van der Waals surface area contributed by atoms with Gasteiger partial charge in [0.25, 0.3) is 0 Å². The molecule has 6 rings (SSSR count). The Balaban J connectivity index is 0.944. The summed E-state index contributed by atoms with van der Waals surface area (Å²) >= 11 is 0. The molecule has 2 atom stereocenters. The summed E-state index contributed by atoms with van der Waals surface area (Å²) in [5.74, 6) is 3.44. The molecule has 0 saturated heterocycles. The van der Waals surface area contributed by atoms with Crippen molar-refractivity contribution >= 4 is 43.7 Å². The van der Waals surface area contributed by atoms with Crippen LogP contribution in [0.1, 0.15) is 52.9 Å². The van der Waals surface area contributed by atoms with E-state index in [2.05, 4.69) is 29.9 Å². The molecule has 0 radical (unpaired) electrons. The predicted octanol–water partition coefficient (Wildman–Crippen LogP) is 6.72. The topological polar surface area (TPSA) is 154 Å². The number of methoxy groups -OCH3 is 2. The minimum atomic E-state index is -1.40. The number of ether oxygens (including phenoxy) is 4. The van der Waals surface area contributed by atoms with Crippen LogP contribution >= 0.6 is 0 Å². The second-order valence-corrected chi connectivity index (χ2v) is 15.0. The number of aromatic nitrogens is 6. The molecule has 2 unspecified atom stereocenters. The average molecular weight is 731 g/mol. The van der Waals surface area contributed by atoms with E-state index in [0.717, 1.165) is 98.0 Å². The first-order chi connectivity index (χ1) is 24.6. The number of fused-ring (bicyclic) bond motifs is 2.